The zero-order valence-electron chi connectivity index (χ0n) is 14.4. The van der Waals surface area contributed by atoms with E-state index in [1.54, 1.807) is 6.92 Å². The molecular weight excluding hydrogens is 292 g/mol. The van der Waals surface area contributed by atoms with Gasteiger partial charge in [-0.15, -0.1) is 0 Å². The van der Waals surface area contributed by atoms with E-state index >= 15 is 0 Å². The highest BCUT2D eigenvalue weighted by molar-refractivity contribution is 6.07. The number of hydrogen-bond acceptors (Lipinski definition) is 4. The van der Waals surface area contributed by atoms with Crippen LogP contribution in [0.2, 0.25) is 0 Å². The predicted molar refractivity (Wildman–Crippen MR) is 91.0 cm³/mol. The van der Waals surface area contributed by atoms with Crippen LogP contribution >= 0.6 is 0 Å². The van der Waals surface area contributed by atoms with Gasteiger partial charge in [-0.1, -0.05) is 51.4 Å². The molecule has 0 aliphatic rings. The summed E-state index contributed by atoms with van der Waals surface area (Å²) in [6, 6.07) is 0. The Labute approximate surface area is 139 Å². The Morgan fingerprint density at radius 1 is 0.739 bits per heavy atom. The quantitative estimate of drug-likeness (QED) is 0.185. The van der Waals surface area contributed by atoms with Crippen molar-refractivity contribution in [2.24, 2.45) is 0 Å². The topological polar surface area (TPSA) is 68.3 Å². The van der Waals surface area contributed by atoms with Crippen molar-refractivity contribution in [2.75, 3.05) is 0 Å². The Morgan fingerprint density at radius 2 is 1.17 bits per heavy atom. The number of allylic oxidation sites excluding steroid dienone is 1. The lowest BCUT2D eigenvalue weighted by atomic mass is 10.0. The van der Waals surface area contributed by atoms with Crippen LogP contribution in [0.15, 0.2) is 6.08 Å². The first kappa shape index (κ1) is 21.5. The molecule has 0 saturated heterocycles. The molecule has 23 heavy (non-hydrogen) atoms. The maximum absolute atomic E-state index is 11.4. The smallest absolute Gasteiger partial charge is 0.173 e. The third-order valence-electron chi connectivity index (χ3n) is 3.83. The first-order valence-electron chi connectivity index (χ1n) is 8.81. The van der Waals surface area contributed by atoms with E-state index < -0.39 is 5.78 Å². The van der Waals surface area contributed by atoms with E-state index in [-0.39, 0.29) is 18.0 Å². The maximum Gasteiger partial charge on any atom is 0.173 e. The molecule has 0 aliphatic carbocycles. The number of Topliss-reactive ketones (excluding diaryl/α,β-unsaturated/α-hetero) is 2. The zero-order valence-corrected chi connectivity index (χ0v) is 14.4. The van der Waals surface area contributed by atoms with Crippen molar-refractivity contribution in [3.8, 4) is 0 Å². The summed E-state index contributed by atoms with van der Waals surface area (Å²) in [5.74, 6) is 1.14. The minimum Gasteiger partial charge on any atom is -0.300 e. The van der Waals surface area contributed by atoms with E-state index in [0.29, 0.717) is 6.42 Å². The number of ketones is 3. The molecule has 0 radical (unpaired) electrons. The summed E-state index contributed by atoms with van der Waals surface area (Å²) in [7, 11) is 0. The summed E-state index contributed by atoms with van der Waals surface area (Å²) in [5, 5.41) is 0. The molecule has 0 aromatic heterocycles. The highest BCUT2D eigenvalue weighted by atomic mass is 16.2. The van der Waals surface area contributed by atoms with Gasteiger partial charge in [0.25, 0.3) is 0 Å². The lowest BCUT2D eigenvalue weighted by Crippen LogP contribution is -2.05. The molecular formula is C19H30O4. The normalized spacial score (nSPS) is 10.1. The largest absolute Gasteiger partial charge is 0.300 e. The molecule has 130 valence electrons. The van der Waals surface area contributed by atoms with Crippen molar-refractivity contribution < 1.29 is 19.2 Å². The first-order valence-corrected chi connectivity index (χ1v) is 8.81. The lowest BCUT2D eigenvalue weighted by molar-refractivity contribution is -0.124. The van der Waals surface area contributed by atoms with Crippen molar-refractivity contribution in [3.63, 3.8) is 0 Å². The molecule has 0 rings (SSSR count). The van der Waals surface area contributed by atoms with E-state index in [1.807, 2.05) is 0 Å². The van der Waals surface area contributed by atoms with E-state index in [1.165, 1.54) is 38.0 Å². The van der Waals surface area contributed by atoms with Gasteiger partial charge in [0.1, 0.15) is 17.5 Å². The summed E-state index contributed by atoms with van der Waals surface area (Å²) in [6.07, 6.45) is 13.0. The van der Waals surface area contributed by atoms with Crippen molar-refractivity contribution >= 4 is 23.3 Å². The molecule has 0 atom stereocenters. The fraction of sp³-hybridized carbons (Fsp3) is 0.737. The highest BCUT2D eigenvalue weighted by Crippen LogP contribution is 2.12. The van der Waals surface area contributed by atoms with Crippen LogP contribution in [0.25, 0.3) is 0 Å². The standard InChI is InChI=1S/C19H30O4/c1-17(21)12-10-8-6-4-2-3-5-7-9-11-13-18(22)16-19(23)14-15-20/h14H,2-13,16H2,1H3. The van der Waals surface area contributed by atoms with Crippen molar-refractivity contribution in [3.05, 3.63) is 6.08 Å². The summed E-state index contributed by atoms with van der Waals surface area (Å²) < 4.78 is 0. The van der Waals surface area contributed by atoms with E-state index in [2.05, 4.69) is 0 Å². The second-order valence-electron chi connectivity index (χ2n) is 6.18. The van der Waals surface area contributed by atoms with Crippen molar-refractivity contribution in [1.29, 1.82) is 0 Å². The third-order valence-corrected chi connectivity index (χ3v) is 3.83. The van der Waals surface area contributed by atoms with Gasteiger partial charge in [0, 0.05) is 12.8 Å². The summed E-state index contributed by atoms with van der Waals surface area (Å²) in [4.78, 5) is 43.2. The molecule has 0 fully saturated rings. The fourth-order valence-electron chi connectivity index (χ4n) is 2.51. The second-order valence-corrected chi connectivity index (χ2v) is 6.18. The maximum atomic E-state index is 11.4. The number of hydrogen-bond donors (Lipinski definition) is 0. The Bertz CT molecular complexity index is 406. The molecule has 0 bridgehead atoms. The van der Waals surface area contributed by atoms with Crippen LogP contribution in [0.4, 0.5) is 0 Å². The highest BCUT2D eigenvalue weighted by Gasteiger charge is 2.06. The molecule has 4 heteroatoms. The van der Waals surface area contributed by atoms with Gasteiger partial charge >= 0.3 is 0 Å². The molecule has 0 N–H and O–H groups in total. The van der Waals surface area contributed by atoms with Gasteiger partial charge in [-0.05, 0) is 19.8 Å². The van der Waals surface area contributed by atoms with Gasteiger partial charge in [0.05, 0.1) is 12.5 Å². The van der Waals surface area contributed by atoms with Crippen molar-refractivity contribution in [1.82, 2.24) is 0 Å². The van der Waals surface area contributed by atoms with Gasteiger partial charge in [-0.2, -0.15) is 0 Å². The number of carbonyl (C=O) groups is 3. The lowest BCUT2D eigenvalue weighted by Gasteiger charge is -2.02. The molecule has 0 aromatic carbocycles. The van der Waals surface area contributed by atoms with Crippen LogP contribution in [-0.4, -0.2) is 23.3 Å². The molecule has 0 unspecified atom stereocenters. The summed E-state index contributed by atoms with van der Waals surface area (Å²) >= 11 is 0. The zero-order chi connectivity index (χ0) is 17.3. The van der Waals surface area contributed by atoms with E-state index in [0.717, 1.165) is 44.6 Å². The Balaban J connectivity index is 3.27. The van der Waals surface area contributed by atoms with Gasteiger partial charge in [0.2, 0.25) is 0 Å². The average molecular weight is 322 g/mol. The first-order chi connectivity index (χ1) is 11.1. The van der Waals surface area contributed by atoms with Crippen LogP contribution < -0.4 is 0 Å². The average Bonchev–Trinajstić information content (AvgIpc) is 2.48. The van der Waals surface area contributed by atoms with E-state index in [9.17, 15) is 19.2 Å². The van der Waals surface area contributed by atoms with Crippen LogP contribution in [0, 0.1) is 0 Å². The molecule has 4 nitrogen and oxygen atoms in total. The molecule has 0 spiro atoms. The number of carbonyl (C=O) groups excluding carboxylic acids is 4. The molecule has 0 heterocycles. The monoisotopic (exact) mass is 322 g/mol. The SMILES string of the molecule is CC(=O)CCCCCCCCCCCCC(=O)CC(=O)C=C=O. The second kappa shape index (κ2) is 15.4. The van der Waals surface area contributed by atoms with Crippen LogP contribution in [0.3, 0.4) is 0 Å². The fourth-order valence-corrected chi connectivity index (χ4v) is 2.51. The molecule has 0 aliphatic heterocycles. The minimum absolute atomic E-state index is 0.0907. The Hall–Kier alpha value is -1.54. The summed E-state index contributed by atoms with van der Waals surface area (Å²) in [5.41, 5.74) is 0. The van der Waals surface area contributed by atoms with Crippen molar-refractivity contribution in [2.45, 2.75) is 90.4 Å². The Morgan fingerprint density at radius 3 is 1.61 bits per heavy atom. The molecule has 0 aromatic rings. The summed E-state index contributed by atoms with van der Waals surface area (Å²) in [6.45, 7) is 1.65. The van der Waals surface area contributed by atoms with Gasteiger partial charge in [-0.3, -0.25) is 9.59 Å². The van der Waals surface area contributed by atoms with Gasteiger partial charge in [-0.25, -0.2) is 4.79 Å². The number of unbranched alkanes of at least 4 members (excludes halogenated alkanes) is 9. The third kappa shape index (κ3) is 16.7. The van der Waals surface area contributed by atoms with E-state index in [4.69, 9.17) is 0 Å². The molecule has 0 saturated carbocycles. The predicted octanol–water partition coefficient (Wildman–Crippen LogP) is 4.17. The van der Waals surface area contributed by atoms with Gasteiger partial charge in [0.15, 0.2) is 5.78 Å². The van der Waals surface area contributed by atoms with Crippen LogP contribution in [0.5, 0.6) is 0 Å². The van der Waals surface area contributed by atoms with Crippen LogP contribution in [-0.2, 0) is 19.2 Å². The van der Waals surface area contributed by atoms with Gasteiger partial charge < -0.3 is 4.79 Å². The number of rotatable bonds is 16. The Kier molecular flexibility index (Phi) is 14.3. The van der Waals surface area contributed by atoms with Crippen LogP contribution in [0.1, 0.15) is 90.4 Å². The minimum atomic E-state index is -0.451. The molecule has 0 amide bonds.